The Kier molecular flexibility index (Phi) is 4.17. The van der Waals surface area contributed by atoms with Crippen molar-refractivity contribution in [3.05, 3.63) is 23.8 Å². The summed E-state index contributed by atoms with van der Waals surface area (Å²) in [5.41, 5.74) is 7.31. The smallest absolute Gasteiger partial charge is 0.313 e. The van der Waals surface area contributed by atoms with Gasteiger partial charge >= 0.3 is 11.8 Å². The summed E-state index contributed by atoms with van der Waals surface area (Å²) in [5, 5.41) is 4.84. The molecule has 8 heteroatoms. The lowest BCUT2D eigenvalue weighted by atomic mass is 10.2. The van der Waals surface area contributed by atoms with E-state index in [2.05, 4.69) is 10.6 Å². The molecule has 0 saturated carbocycles. The minimum Gasteiger partial charge on any atom is -0.397 e. The van der Waals surface area contributed by atoms with E-state index in [0.717, 1.165) is 5.56 Å². The van der Waals surface area contributed by atoms with Crippen molar-refractivity contribution in [3.8, 4) is 0 Å². The molecule has 1 unspecified atom stereocenters. The summed E-state index contributed by atoms with van der Waals surface area (Å²) in [6.45, 7) is 1.83. The summed E-state index contributed by atoms with van der Waals surface area (Å²) < 4.78 is 22.6. The van der Waals surface area contributed by atoms with Gasteiger partial charge in [-0.3, -0.25) is 9.59 Å². The van der Waals surface area contributed by atoms with Crippen molar-refractivity contribution in [1.29, 1.82) is 0 Å². The van der Waals surface area contributed by atoms with Gasteiger partial charge in [0.05, 0.1) is 22.9 Å². The van der Waals surface area contributed by atoms with Crippen LogP contribution < -0.4 is 16.4 Å². The van der Waals surface area contributed by atoms with Gasteiger partial charge in [-0.1, -0.05) is 6.07 Å². The Hall–Kier alpha value is -2.09. The molecule has 1 aromatic rings. The number of amides is 2. The highest BCUT2D eigenvalue weighted by atomic mass is 32.2. The fourth-order valence-corrected chi connectivity index (χ4v) is 3.79. The van der Waals surface area contributed by atoms with E-state index in [-0.39, 0.29) is 11.5 Å². The number of anilines is 2. The van der Waals surface area contributed by atoms with Crippen LogP contribution in [0.25, 0.3) is 0 Å². The monoisotopic (exact) mass is 311 g/mol. The van der Waals surface area contributed by atoms with Crippen LogP contribution in [-0.2, 0) is 19.4 Å². The Labute approximate surface area is 122 Å². The van der Waals surface area contributed by atoms with E-state index >= 15 is 0 Å². The van der Waals surface area contributed by atoms with E-state index in [4.69, 9.17) is 5.73 Å². The van der Waals surface area contributed by atoms with Gasteiger partial charge in [0.15, 0.2) is 9.84 Å². The second-order valence-electron chi connectivity index (χ2n) is 5.12. The zero-order chi connectivity index (χ0) is 15.6. The molecule has 2 rings (SSSR count). The molecule has 1 aromatic carbocycles. The number of hydrogen-bond acceptors (Lipinski definition) is 5. The number of nitrogens with one attached hydrogen (secondary N) is 2. The summed E-state index contributed by atoms with van der Waals surface area (Å²) >= 11 is 0. The van der Waals surface area contributed by atoms with E-state index in [1.165, 1.54) is 0 Å². The van der Waals surface area contributed by atoms with Gasteiger partial charge < -0.3 is 16.4 Å². The van der Waals surface area contributed by atoms with Gasteiger partial charge in [-0.25, -0.2) is 8.42 Å². The number of sulfone groups is 1. The average molecular weight is 311 g/mol. The maximum atomic E-state index is 11.8. The first kappa shape index (κ1) is 15.3. The highest BCUT2D eigenvalue weighted by Gasteiger charge is 2.30. The minimum absolute atomic E-state index is 0.0321. The molecular weight excluding hydrogens is 294 g/mol. The van der Waals surface area contributed by atoms with Crippen molar-refractivity contribution in [2.24, 2.45) is 0 Å². The van der Waals surface area contributed by atoms with Crippen molar-refractivity contribution in [3.63, 3.8) is 0 Å². The Morgan fingerprint density at radius 3 is 2.62 bits per heavy atom. The molecule has 4 N–H and O–H groups in total. The lowest BCUT2D eigenvalue weighted by Crippen LogP contribution is -2.42. The summed E-state index contributed by atoms with van der Waals surface area (Å²) in [4.78, 5) is 23.5. The Morgan fingerprint density at radius 1 is 1.29 bits per heavy atom. The van der Waals surface area contributed by atoms with Gasteiger partial charge in [-0.2, -0.15) is 0 Å². The van der Waals surface area contributed by atoms with Gasteiger partial charge in [0, 0.05) is 6.04 Å². The van der Waals surface area contributed by atoms with Crippen molar-refractivity contribution < 1.29 is 18.0 Å². The number of carbonyl (C=O) groups excluding carboxylic acids is 2. The molecule has 0 radical (unpaired) electrons. The quantitative estimate of drug-likeness (QED) is 0.517. The van der Waals surface area contributed by atoms with Crippen molar-refractivity contribution in [1.82, 2.24) is 5.32 Å². The predicted molar refractivity (Wildman–Crippen MR) is 79.4 cm³/mol. The molecule has 0 aliphatic carbocycles. The zero-order valence-electron chi connectivity index (χ0n) is 11.5. The molecule has 0 bridgehead atoms. The molecule has 0 spiro atoms. The van der Waals surface area contributed by atoms with Crippen LogP contribution in [-0.4, -0.2) is 37.8 Å². The number of benzene rings is 1. The van der Waals surface area contributed by atoms with Crippen molar-refractivity contribution in [2.75, 3.05) is 22.6 Å². The number of hydrogen-bond donors (Lipinski definition) is 3. The van der Waals surface area contributed by atoms with E-state index in [0.29, 0.717) is 17.8 Å². The van der Waals surface area contributed by atoms with Gasteiger partial charge in [-0.15, -0.1) is 0 Å². The number of carbonyl (C=O) groups is 2. The molecule has 1 aliphatic heterocycles. The summed E-state index contributed by atoms with van der Waals surface area (Å²) in [6.07, 6.45) is 0.327. The summed E-state index contributed by atoms with van der Waals surface area (Å²) in [6, 6.07) is 4.56. The molecule has 21 heavy (non-hydrogen) atoms. The number of nitrogen functional groups attached to an aromatic ring is 1. The van der Waals surface area contributed by atoms with Crippen LogP contribution >= 0.6 is 0 Å². The molecule has 1 saturated heterocycles. The molecule has 1 heterocycles. The van der Waals surface area contributed by atoms with Crippen LogP contribution in [0, 0.1) is 6.92 Å². The standard InChI is InChI=1S/C13H17N3O4S/c1-8-2-3-10(14)11(6-8)16-13(18)12(17)15-9-4-5-21(19,20)7-9/h2-3,6,9H,4-5,7,14H2,1H3,(H,15,17)(H,16,18). The van der Waals surface area contributed by atoms with Crippen LogP contribution in [0.2, 0.25) is 0 Å². The van der Waals surface area contributed by atoms with Gasteiger partial charge in [-0.05, 0) is 31.0 Å². The SMILES string of the molecule is Cc1ccc(N)c(NC(=O)C(=O)NC2CCS(=O)(=O)C2)c1. The highest BCUT2D eigenvalue weighted by molar-refractivity contribution is 7.91. The number of rotatable bonds is 2. The lowest BCUT2D eigenvalue weighted by Gasteiger charge is -2.12. The molecule has 1 fully saturated rings. The molecule has 7 nitrogen and oxygen atoms in total. The lowest BCUT2D eigenvalue weighted by molar-refractivity contribution is -0.136. The Balaban J connectivity index is 1.97. The number of nitrogens with two attached hydrogens (primary N) is 1. The third kappa shape index (κ3) is 3.94. The topological polar surface area (TPSA) is 118 Å². The largest absolute Gasteiger partial charge is 0.397 e. The minimum atomic E-state index is -3.10. The Bertz CT molecular complexity index is 685. The van der Waals surface area contributed by atoms with Crippen molar-refractivity contribution in [2.45, 2.75) is 19.4 Å². The Morgan fingerprint density at radius 2 is 2.00 bits per heavy atom. The molecule has 114 valence electrons. The second-order valence-corrected chi connectivity index (χ2v) is 7.35. The van der Waals surface area contributed by atoms with Crippen molar-refractivity contribution >= 4 is 33.0 Å². The third-order valence-corrected chi connectivity index (χ3v) is 5.00. The predicted octanol–water partition coefficient (Wildman–Crippen LogP) is -0.181. The maximum Gasteiger partial charge on any atom is 0.313 e. The molecule has 0 aromatic heterocycles. The van der Waals surface area contributed by atoms with Crippen LogP contribution in [0.3, 0.4) is 0 Å². The molecule has 2 amide bonds. The molecular formula is C13H17N3O4S. The van der Waals surface area contributed by atoms with E-state index in [1.54, 1.807) is 18.2 Å². The summed E-state index contributed by atoms with van der Waals surface area (Å²) in [5.74, 6) is -1.82. The maximum absolute atomic E-state index is 11.8. The van der Waals surface area contributed by atoms with Crippen LogP contribution in [0.15, 0.2) is 18.2 Å². The van der Waals surface area contributed by atoms with Crippen LogP contribution in [0.5, 0.6) is 0 Å². The fraction of sp³-hybridized carbons (Fsp3) is 0.385. The highest BCUT2D eigenvalue weighted by Crippen LogP contribution is 2.19. The third-order valence-electron chi connectivity index (χ3n) is 3.23. The normalized spacial score (nSPS) is 20.0. The second kappa shape index (κ2) is 5.72. The zero-order valence-corrected chi connectivity index (χ0v) is 12.4. The van der Waals surface area contributed by atoms with E-state index in [9.17, 15) is 18.0 Å². The van der Waals surface area contributed by atoms with E-state index < -0.39 is 27.7 Å². The first-order chi connectivity index (χ1) is 9.77. The first-order valence-electron chi connectivity index (χ1n) is 6.45. The van der Waals surface area contributed by atoms with E-state index in [1.807, 2.05) is 6.92 Å². The summed E-state index contributed by atoms with van der Waals surface area (Å²) in [7, 11) is -3.10. The molecule has 1 atom stereocenters. The number of aryl methyl sites for hydroxylation is 1. The molecule has 1 aliphatic rings. The van der Waals surface area contributed by atoms with Gasteiger partial charge in [0.1, 0.15) is 0 Å². The van der Waals surface area contributed by atoms with Gasteiger partial charge in [0.25, 0.3) is 0 Å². The fourth-order valence-electron chi connectivity index (χ4n) is 2.12. The first-order valence-corrected chi connectivity index (χ1v) is 8.27. The van der Waals surface area contributed by atoms with Crippen LogP contribution in [0.4, 0.5) is 11.4 Å². The van der Waals surface area contributed by atoms with Crippen LogP contribution in [0.1, 0.15) is 12.0 Å². The average Bonchev–Trinajstić information content (AvgIpc) is 2.73. The van der Waals surface area contributed by atoms with Gasteiger partial charge in [0.2, 0.25) is 0 Å².